The third kappa shape index (κ3) is 3.65. The summed E-state index contributed by atoms with van der Waals surface area (Å²) in [4.78, 5) is 30.0. The molecule has 5 nitrogen and oxygen atoms in total. The first kappa shape index (κ1) is 20.5. The van der Waals surface area contributed by atoms with E-state index in [0.29, 0.717) is 25.2 Å². The Morgan fingerprint density at radius 2 is 1.82 bits per heavy atom. The first-order valence-corrected chi connectivity index (χ1v) is 12.0. The Kier molecular flexibility index (Phi) is 5.02. The fraction of sp³-hybridized carbons (Fsp3) is 0.333. The lowest BCUT2D eigenvalue weighted by molar-refractivity contribution is -0.114. The van der Waals surface area contributed by atoms with Gasteiger partial charge in [-0.25, -0.2) is 0 Å². The second-order valence-corrected chi connectivity index (χ2v) is 9.71. The minimum Gasteiger partial charge on any atom is -0.490 e. The fourth-order valence-corrected chi connectivity index (χ4v) is 5.73. The first-order chi connectivity index (χ1) is 16.1. The zero-order valence-electron chi connectivity index (χ0n) is 18.2. The van der Waals surface area contributed by atoms with Crippen LogP contribution >= 0.6 is 11.6 Å². The van der Waals surface area contributed by atoms with Gasteiger partial charge in [-0.3, -0.25) is 9.59 Å². The average molecular weight is 461 g/mol. The highest BCUT2D eigenvalue weighted by molar-refractivity contribution is 6.25. The number of rotatable bonds is 4. The number of benzene rings is 2. The van der Waals surface area contributed by atoms with Gasteiger partial charge in [-0.2, -0.15) is 0 Å². The number of nitrogens with zero attached hydrogens (tertiary/aromatic N) is 2. The summed E-state index contributed by atoms with van der Waals surface area (Å²) in [7, 11) is 0. The van der Waals surface area contributed by atoms with Crippen LogP contribution < -0.4 is 9.64 Å². The predicted molar refractivity (Wildman–Crippen MR) is 128 cm³/mol. The number of carbonyl (C=O) groups excluding carboxylic acids is 2. The van der Waals surface area contributed by atoms with E-state index in [1.54, 1.807) is 4.90 Å². The van der Waals surface area contributed by atoms with Crippen molar-refractivity contribution in [2.45, 2.75) is 24.3 Å². The molecule has 6 rings (SSSR count). The minimum absolute atomic E-state index is 0.00218. The van der Waals surface area contributed by atoms with Crippen molar-refractivity contribution in [3.05, 3.63) is 83.5 Å². The highest BCUT2D eigenvalue weighted by Crippen LogP contribution is 2.55. The van der Waals surface area contributed by atoms with Crippen LogP contribution in [0.25, 0.3) is 0 Å². The number of ether oxygens (including phenoxy) is 1. The van der Waals surface area contributed by atoms with Crippen LogP contribution in [0.4, 0.5) is 5.69 Å². The first-order valence-electron chi connectivity index (χ1n) is 11.6. The summed E-state index contributed by atoms with van der Waals surface area (Å²) in [6.45, 7) is 1.85. The number of fused-ring (bicyclic) bond motifs is 2. The number of hydrogen-bond donors (Lipinski definition) is 0. The van der Waals surface area contributed by atoms with Gasteiger partial charge in [-0.15, -0.1) is 11.6 Å². The van der Waals surface area contributed by atoms with E-state index in [-0.39, 0.29) is 35.1 Å². The number of hydrogen-bond acceptors (Lipinski definition) is 3. The molecule has 3 unspecified atom stereocenters. The number of allylic oxidation sites excluding steroid dienone is 1. The smallest absolute Gasteiger partial charge is 0.255 e. The average Bonchev–Trinajstić information content (AvgIpc) is 3.39. The number of carbonyl (C=O) groups is 2. The van der Waals surface area contributed by atoms with Crippen molar-refractivity contribution in [2.24, 2.45) is 11.8 Å². The van der Waals surface area contributed by atoms with Crippen LogP contribution in [0.3, 0.4) is 0 Å². The van der Waals surface area contributed by atoms with E-state index in [4.69, 9.17) is 16.3 Å². The Bertz CT molecular complexity index is 1170. The highest BCUT2D eigenvalue weighted by atomic mass is 35.5. The van der Waals surface area contributed by atoms with E-state index in [1.165, 1.54) is 0 Å². The van der Waals surface area contributed by atoms with Crippen molar-refractivity contribution in [3.63, 3.8) is 0 Å². The lowest BCUT2D eigenvalue weighted by Gasteiger charge is -2.32. The number of halogens is 1. The summed E-state index contributed by atoms with van der Waals surface area (Å²) < 4.78 is 6.05. The molecule has 0 bridgehead atoms. The van der Waals surface area contributed by atoms with E-state index >= 15 is 0 Å². The van der Waals surface area contributed by atoms with Crippen LogP contribution in [0.1, 0.15) is 23.2 Å². The number of amides is 2. The van der Waals surface area contributed by atoms with Gasteiger partial charge in [-0.05, 0) is 35.9 Å². The highest BCUT2D eigenvalue weighted by Gasteiger charge is 2.55. The molecule has 33 heavy (non-hydrogen) atoms. The summed E-state index contributed by atoms with van der Waals surface area (Å²) in [6.07, 6.45) is 5.90. The van der Waals surface area contributed by atoms with Gasteiger partial charge in [0.15, 0.2) is 0 Å². The zero-order chi connectivity index (χ0) is 22.5. The SMILES string of the molecule is O=C(c1cccc(N2CC3=C(C2=O)C2C(Cl)C2C=C3)c1)N1CCC(Oc2ccccc2)CC1. The van der Waals surface area contributed by atoms with Crippen LogP contribution in [0.5, 0.6) is 5.75 Å². The monoisotopic (exact) mass is 460 g/mol. The molecule has 2 aliphatic heterocycles. The van der Waals surface area contributed by atoms with Crippen molar-refractivity contribution in [1.82, 2.24) is 4.90 Å². The number of para-hydroxylation sites is 1. The molecule has 1 saturated heterocycles. The summed E-state index contributed by atoms with van der Waals surface area (Å²) in [5.74, 6) is 1.33. The molecular formula is C27H25ClN2O3. The molecule has 2 fully saturated rings. The molecule has 0 spiro atoms. The lowest BCUT2D eigenvalue weighted by atomic mass is 10.00. The molecule has 2 heterocycles. The minimum atomic E-state index is 0.00218. The van der Waals surface area contributed by atoms with Crippen molar-refractivity contribution in [2.75, 3.05) is 24.5 Å². The van der Waals surface area contributed by atoms with Crippen LogP contribution in [0, 0.1) is 11.8 Å². The van der Waals surface area contributed by atoms with Crippen molar-refractivity contribution in [1.29, 1.82) is 0 Å². The molecule has 4 aliphatic rings. The molecule has 168 valence electrons. The third-order valence-electron chi connectivity index (χ3n) is 7.17. The maximum atomic E-state index is 13.2. The molecule has 3 atom stereocenters. The third-order valence-corrected chi connectivity index (χ3v) is 7.73. The molecule has 0 aromatic heterocycles. The molecule has 2 aliphatic carbocycles. The Hall–Kier alpha value is -3.05. The molecule has 6 heteroatoms. The molecule has 0 radical (unpaired) electrons. The standard InChI is InChI=1S/C27H25ClN2O3/c28-25-22-10-9-18-16-30(27(32)23(18)24(22)25)19-6-4-5-17(15-19)26(31)29-13-11-21(12-14-29)33-20-7-2-1-3-8-20/h1-10,15,21-22,24-25H,11-14,16H2. The van der Waals surface area contributed by atoms with E-state index in [0.717, 1.165) is 35.4 Å². The van der Waals surface area contributed by atoms with Crippen LogP contribution in [0.2, 0.25) is 0 Å². The normalized spacial score (nSPS) is 26.3. The number of likely N-dealkylation sites (tertiary alicyclic amines) is 1. The predicted octanol–water partition coefficient (Wildman–Crippen LogP) is 4.44. The van der Waals surface area contributed by atoms with Crippen molar-refractivity contribution in [3.8, 4) is 5.75 Å². The Balaban J connectivity index is 1.12. The Morgan fingerprint density at radius 1 is 1.03 bits per heavy atom. The molecule has 2 amide bonds. The zero-order valence-corrected chi connectivity index (χ0v) is 18.9. The maximum Gasteiger partial charge on any atom is 0.255 e. The fourth-order valence-electron chi connectivity index (χ4n) is 5.28. The lowest BCUT2D eigenvalue weighted by Crippen LogP contribution is -2.41. The van der Waals surface area contributed by atoms with Gasteiger partial charge in [0.05, 0.1) is 6.54 Å². The van der Waals surface area contributed by atoms with E-state index in [2.05, 4.69) is 6.08 Å². The molecule has 2 aromatic carbocycles. The van der Waals surface area contributed by atoms with Gasteiger partial charge in [0.25, 0.3) is 11.8 Å². The molecule has 2 aromatic rings. The topological polar surface area (TPSA) is 49.9 Å². The summed E-state index contributed by atoms with van der Waals surface area (Å²) >= 11 is 6.38. The van der Waals surface area contributed by atoms with Gasteiger partial charge in [0, 0.05) is 60.0 Å². The van der Waals surface area contributed by atoms with Crippen molar-refractivity contribution < 1.29 is 14.3 Å². The van der Waals surface area contributed by atoms with Gasteiger partial charge in [0.2, 0.25) is 0 Å². The molecule has 0 N–H and O–H groups in total. The number of anilines is 1. The maximum absolute atomic E-state index is 13.2. The van der Waals surface area contributed by atoms with Crippen LogP contribution in [-0.2, 0) is 4.79 Å². The molecular weight excluding hydrogens is 436 g/mol. The van der Waals surface area contributed by atoms with Crippen LogP contribution in [-0.4, -0.2) is 47.8 Å². The second-order valence-electron chi connectivity index (χ2n) is 9.21. The van der Waals surface area contributed by atoms with Gasteiger partial charge < -0.3 is 14.5 Å². The van der Waals surface area contributed by atoms with Crippen LogP contribution in [0.15, 0.2) is 77.9 Å². The second kappa shape index (κ2) is 8.07. The van der Waals surface area contributed by atoms with Gasteiger partial charge in [0.1, 0.15) is 11.9 Å². The van der Waals surface area contributed by atoms with E-state index < -0.39 is 0 Å². The largest absolute Gasteiger partial charge is 0.490 e. The number of alkyl halides is 1. The van der Waals surface area contributed by atoms with Gasteiger partial charge >= 0.3 is 0 Å². The Labute approximate surface area is 198 Å². The van der Waals surface area contributed by atoms with Gasteiger partial charge in [-0.1, -0.05) is 36.4 Å². The van der Waals surface area contributed by atoms with E-state index in [9.17, 15) is 9.59 Å². The Morgan fingerprint density at radius 3 is 2.61 bits per heavy atom. The molecule has 1 saturated carbocycles. The van der Waals surface area contributed by atoms with Crippen molar-refractivity contribution >= 4 is 29.1 Å². The summed E-state index contributed by atoms with van der Waals surface area (Å²) in [5.41, 5.74) is 3.29. The quantitative estimate of drug-likeness (QED) is 0.634. The summed E-state index contributed by atoms with van der Waals surface area (Å²) in [5, 5.41) is 0.0272. The van der Waals surface area contributed by atoms with E-state index in [1.807, 2.05) is 65.6 Å². The number of piperidine rings is 1. The summed E-state index contributed by atoms with van der Waals surface area (Å²) in [6, 6.07) is 17.3.